The van der Waals surface area contributed by atoms with Crippen LogP contribution in [0.25, 0.3) is 0 Å². The molecular weight excluding hydrogens is 346 g/mol. The second kappa shape index (κ2) is 9.62. The number of aliphatic hydroxyl groups is 1. The number of pyridine rings is 1. The summed E-state index contributed by atoms with van der Waals surface area (Å²) in [6, 6.07) is 5.00. The van der Waals surface area contributed by atoms with Gasteiger partial charge >= 0.3 is 0 Å². The molecule has 2 aliphatic heterocycles. The molecule has 0 unspecified atom stereocenters. The standard InChI is InChI=1S/C20H27N3O4/c24-14-18-17(22-19(25)12-15-6-2-3-9-21-15)8-7-16(27-18)13-20(26)23-10-4-1-5-11-23/h2-3,6-9,16-18,24H,1,4-5,10-14H2,(H,22,25)/t16-,17-,18+/m0/s1. The minimum atomic E-state index is -0.568. The van der Waals surface area contributed by atoms with Gasteiger partial charge in [-0.1, -0.05) is 18.2 Å². The highest BCUT2D eigenvalue weighted by Crippen LogP contribution is 2.18. The summed E-state index contributed by atoms with van der Waals surface area (Å²) in [5, 5.41) is 12.5. The second-order valence-electron chi connectivity index (χ2n) is 7.02. The summed E-state index contributed by atoms with van der Waals surface area (Å²) in [6.07, 6.45) is 8.04. The predicted molar refractivity (Wildman–Crippen MR) is 99.8 cm³/mol. The highest BCUT2D eigenvalue weighted by Gasteiger charge is 2.30. The molecule has 146 valence electrons. The van der Waals surface area contributed by atoms with E-state index in [2.05, 4.69) is 10.3 Å². The van der Waals surface area contributed by atoms with Crippen LogP contribution in [0.1, 0.15) is 31.4 Å². The molecule has 2 aliphatic rings. The van der Waals surface area contributed by atoms with Gasteiger partial charge < -0.3 is 20.1 Å². The third kappa shape index (κ3) is 5.61. The van der Waals surface area contributed by atoms with Crippen molar-refractivity contribution in [1.29, 1.82) is 0 Å². The van der Waals surface area contributed by atoms with E-state index in [9.17, 15) is 14.7 Å². The Morgan fingerprint density at radius 3 is 2.74 bits per heavy atom. The summed E-state index contributed by atoms with van der Waals surface area (Å²) < 4.78 is 5.85. The molecule has 27 heavy (non-hydrogen) atoms. The van der Waals surface area contributed by atoms with Crippen molar-refractivity contribution in [1.82, 2.24) is 15.2 Å². The summed E-state index contributed by atoms with van der Waals surface area (Å²) >= 11 is 0. The highest BCUT2D eigenvalue weighted by molar-refractivity contribution is 5.79. The fraction of sp³-hybridized carbons (Fsp3) is 0.550. The molecule has 7 nitrogen and oxygen atoms in total. The summed E-state index contributed by atoms with van der Waals surface area (Å²) in [5.41, 5.74) is 0.682. The van der Waals surface area contributed by atoms with Crippen molar-refractivity contribution in [2.75, 3.05) is 19.7 Å². The van der Waals surface area contributed by atoms with Gasteiger partial charge in [-0.2, -0.15) is 0 Å². The van der Waals surface area contributed by atoms with Gasteiger partial charge in [-0.3, -0.25) is 14.6 Å². The van der Waals surface area contributed by atoms with Gasteiger partial charge in [-0.15, -0.1) is 0 Å². The van der Waals surface area contributed by atoms with Crippen molar-refractivity contribution >= 4 is 11.8 Å². The van der Waals surface area contributed by atoms with Crippen molar-refractivity contribution in [3.8, 4) is 0 Å². The molecule has 7 heteroatoms. The number of ether oxygens (including phenoxy) is 1. The van der Waals surface area contributed by atoms with Crippen LogP contribution in [0, 0.1) is 0 Å². The van der Waals surface area contributed by atoms with Crippen LogP contribution in [-0.4, -0.2) is 64.8 Å². The fourth-order valence-electron chi connectivity index (χ4n) is 3.48. The Kier molecular flexibility index (Phi) is 6.95. The molecule has 1 fully saturated rings. The Labute approximate surface area is 159 Å². The first-order valence-electron chi connectivity index (χ1n) is 9.57. The minimum Gasteiger partial charge on any atom is -0.394 e. The van der Waals surface area contributed by atoms with Crippen LogP contribution in [0.3, 0.4) is 0 Å². The quantitative estimate of drug-likeness (QED) is 0.721. The summed E-state index contributed by atoms with van der Waals surface area (Å²) in [4.78, 5) is 30.6. The van der Waals surface area contributed by atoms with E-state index in [-0.39, 0.29) is 37.4 Å². The van der Waals surface area contributed by atoms with Gasteiger partial charge in [0.05, 0.1) is 31.6 Å². The predicted octanol–water partition coefficient (Wildman–Crippen LogP) is 0.827. The summed E-state index contributed by atoms with van der Waals surface area (Å²) in [6.45, 7) is 1.39. The average molecular weight is 373 g/mol. The Bertz CT molecular complexity index is 658. The van der Waals surface area contributed by atoms with Crippen molar-refractivity contribution in [2.24, 2.45) is 0 Å². The van der Waals surface area contributed by atoms with Crippen LogP contribution in [0.5, 0.6) is 0 Å². The fourth-order valence-corrected chi connectivity index (χ4v) is 3.48. The molecule has 2 amide bonds. The number of amides is 2. The molecule has 0 bridgehead atoms. The summed E-state index contributed by atoms with van der Waals surface area (Å²) in [7, 11) is 0. The molecule has 0 saturated carbocycles. The monoisotopic (exact) mass is 373 g/mol. The van der Waals surface area contributed by atoms with Crippen LogP contribution in [-0.2, 0) is 20.7 Å². The Morgan fingerprint density at radius 2 is 2.04 bits per heavy atom. The van der Waals surface area contributed by atoms with Gasteiger partial charge in [0.1, 0.15) is 6.10 Å². The molecule has 2 N–H and O–H groups in total. The largest absolute Gasteiger partial charge is 0.394 e. The van der Waals surface area contributed by atoms with Gasteiger partial charge in [0.25, 0.3) is 0 Å². The first kappa shape index (κ1) is 19.5. The van der Waals surface area contributed by atoms with E-state index in [1.807, 2.05) is 17.0 Å². The smallest absolute Gasteiger partial charge is 0.226 e. The van der Waals surface area contributed by atoms with E-state index in [1.165, 1.54) is 6.42 Å². The Morgan fingerprint density at radius 1 is 1.22 bits per heavy atom. The van der Waals surface area contributed by atoms with Gasteiger partial charge in [0.2, 0.25) is 11.8 Å². The Balaban J connectivity index is 1.52. The normalized spacial score (nSPS) is 25.2. The number of nitrogens with zero attached hydrogens (tertiary/aromatic N) is 2. The number of hydrogen-bond donors (Lipinski definition) is 2. The van der Waals surface area contributed by atoms with E-state index < -0.39 is 12.1 Å². The first-order valence-corrected chi connectivity index (χ1v) is 9.57. The van der Waals surface area contributed by atoms with E-state index in [0.717, 1.165) is 25.9 Å². The molecule has 1 aromatic heterocycles. The molecule has 3 rings (SSSR count). The van der Waals surface area contributed by atoms with Gasteiger partial charge in [0.15, 0.2) is 0 Å². The van der Waals surface area contributed by atoms with Crippen LogP contribution in [0.15, 0.2) is 36.5 Å². The first-order chi connectivity index (χ1) is 13.2. The van der Waals surface area contributed by atoms with Gasteiger partial charge in [0, 0.05) is 25.0 Å². The lowest BCUT2D eigenvalue weighted by molar-refractivity contribution is -0.137. The van der Waals surface area contributed by atoms with Gasteiger partial charge in [-0.05, 0) is 31.4 Å². The number of aliphatic hydroxyl groups excluding tert-OH is 1. The van der Waals surface area contributed by atoms with Crippen molar-refractivity contribution in [3.63, 3.8) is 0 Å². The lowest BCUT2D eigenvalue weighted by Crippen LogP contribution is -2.49. The van der Waals surface area contributed by atoms with Crippen LogP contribution < -0.4 is 5.32 Å². The maximum Gasteiger partial charge on any atom is 0.226 e. The van der Waals surface area contributed by atoms with E-state index >= 15 is 0 Å². The molecule has 0 spiro atoms. The highest BCUT2D eigenvalue weighted by atomic mass is 16.5. The number of aromatic nitrogens is 1. The van der Waals surface area contributed by atoms with Crippen molar-refractivity contribution in [2.45, 2.75) is 50.4 Å². The molecule has 0 radical (unpaired) electrons. The van der Waals surface area contributed by atoms with Crippen LogP contribution >= 0.6 is 0 Å². The van der Waals surface area contributed by atoms with E-state index in [1.54, 1.807) is 24.4 Å². The number of rotatable bonds is 6. The van der Waals surface area contributed by atoms with Crippen molar-refractivity contribution in [3.05, 3.63) is 42.2 Å². The molecule has 3 atom stereocenters. The number of likely N-dealkylation sites (tertiary alicyclic amines) is 1. The molecular formula is C20H27N3O4. The zero-order chi connectivity index (χ0) is 19.1. The molecule has 1 saturated heterocycles. The molecule has 1 aromatic rings. The SMILES string of the molecule is O=C(Cc1ccccn1)N[C@H]1C=C[C@@H](CC(=O)N2CCCCC2)O[C@@H]1CO. The molecule has 3 heterocycles. The number of nitrogens with one attached hydrogen (secondary N) is 1. The van der Waals surface area contributed by atoms with Crippen LogP contribution in [0.4, 0.5) is 0 Å². The van der Waals surface area contributed by atoms with E-state index in [4.69, 9.17) is 4.74 Å². The third-order valence-electron chi connectivity index (χ3n) is 4.94. The third-order valence-corrected chi connectivity index (χ3v) is 4.94. The minimum absolute atomic E-state index is 0.0821. The number of hydrogen-bond acceptors (Lipinski definition) is 5. The average Bonchev–Trinajstić information content (AvgIpc) is 2.70. The van der Waals surface area contributed by atoms with Crippen molar-refractivity contribution < 1.29 is 19.4 Å². The topological polar surface area (TPSA) is 91.8 Å². The number of carbonyl (C=O) groups is 2. The lowest BCUT2D eigenvalue weighted by Gasteiger charge is -2.33. The zero-order valence-corrected chi connectivity index (χ0v) is 15.4. The van der Waals surface area contributed by atoms with Gasteiger partial charge in [-0.25, -0.2) is 0 Å². The molecule has 0 aromatic carbocycles. The number of carbonyl (C=O) groups excluding carboxylic acids is 2. The summed E-state index contributed by atoms with van der Waals surface area (Å²) in [5.74, 6) is -0.105. The molecule has 0 aliphatic carbocycles. The van der Waals surface area contributed by atoms with Crippen LogP contribution in [0.2, 0.25) is 0 Å². The maximum absolute atomic E-state index is 12.4. The lowest BCUT2D eigenvalue weighted by atomic mass is 10.0. The second-order valence-corrected chi connectivity index (χ2v) is 7.02. The Hall–Kier alpha value is -2.25. The maximum atomic E-state index is 12.4. The number of piperidine rings is 1. The zero-order valence-electron chi connectivity index (χ0n) is 15.4. The van der Waals surface area contributed by atoms with E-state index in [0.29, 0.717) is 5.69 Å².